The van der Waals surface area contributed by atoms with Crippen molar-refractivity contribution in [3.8, 4) is 17.2 Å². The maximum absolute atomic E-state index is 13.1. The van der Waals surface area contributed by atoms with Gasteiger partial charge in [0.2, 0.25) is 0 Å². The molecular weight excluding hydrogens is 511 g/mol. The average Bonchev–Trinajstić information content (AvgIpc) is 2.86. The molecule has 6 nitrogen and oxygen atoms in total. The maximum atomic E-state index is 13.1. The van der Waals surface area contributed by atoms with Crippen molar-refractivity contribution >= 4 is 23.5 Å². The van der Waals surface area contributed by atoms with Crippen LogP contribution >= 0.6 is 11.6 Å². The molecule has 2 N–H and O–H groups in total. The van der Waals surface area contributed by atoms with Crippen molar-refractivity contribution in [2.75, 3.05) is 7.11 Å². The van der Waals surface area contributed by atoms with Crippen molar-refractivity contribution in [3.63, 3.8) is 0 Å². The van der Waals surface area contributed by atoms with Gasteiger partial charge in [-0.25, -0.2) is 0 Å². The second-order valence-corrected chi connectivity index (χ2v) is 8.66. The number of hydrogen-bond acceptors (Lipinski definition) is 4. The molecule has 10 heteroatoms. The van der Waals surface area contributed by atoms with Gasteiger partial charge in [-0.05, 0) is 66.4 Å². The number of carbonyl (C=O) groups is 2. The molecule has 0 saturated heterocycles. The number of rotatable bonds is 10. The number of methoxy groups -OCH3 is 1. The molecule has 0 aliphatic carbocycles. The highest BCUT2D eigenvalue weighted by molar-refractivity contribution is 6.31. The number of aliphatic carboxylic acids is 1. The van der Waals surface area contributed by atoms with Gasteiger partial charge in [-0.15, -0.1) is 0 Å². The topological polar surface area (TPSA) is 84.9 Å². The van der Waals surface area contributed by atoms with Crippen molar-refractivity contribution in [1.82, 2.24) is 5.32 Å². The third kappa shape index (κ3) is 7.39. The first-order valence-corrected chi connectivity index (χ1v) is 11.7. The van der Waals surface area contributed by atoms with Crippen LogP contribution in [0.2, 0.25) is 5.02 Å². The lowest BCUT2D eigenvalue weighted by Crippen LogP contribution is -2.24. The van der Waals surface area contributed by atoms with Gasteiger partial charge in [0.05, 0.1) is 29.2 Å². The van der Waals surface area contributed by atoms with Gasteiger partial charge < -0.3 is 19.9 Å². The fourth-order valence-corrected chi connectivity index (χ4v) is 3.85. The third-order valence-corrected chi connectivity index (χ3v) is 6.02. The van der Waals surface area contributed by atoms with Crippen molar-refractivity contribution < 1.29 is 37.3 Å². The molecule has 196 valence electrons. The zero-order valence-electron chi connectivity index (χ0n) is 20.1. The quantitative estimate of drug-likeness (QED) is 0.300. The normalized spacial score (nSPS) is 12.1. The predicted molar refractivity (Wildman–Crippen MR) is 132 cm³/mol. The van der Waals surface area contributed by atoms with Crippen LogP contribution in [0.25, 0.3) is 0 Å². The second-order valence-electron chi connectivity index (χ2n) is 8.25. The molecule has 0 fully saturated rings. The van der Waals surface area contributed by atoms with E-state index < -0.39 is 34.6 Å². The molecule has 0 aliphatic rings. The minimum absolute atomic E-state index is 0.0158. The number of carboxylic acids is 1. The van der Waals surface area contributed by atoms with E-state index in [9.17, 15) is 27.9 Å². The fraction of sp³-hybridized carbons (Fsp3) is 0.259. The average molecular weight is 536 g/mol. The number of carbonyl (C=O) groups excluding carboxylic acids is 1. The molecule has 3 rings (SSSR count). The molecule has 37 heavy (non-hydrogen) atoms. The lowest BCUT2D eigenvalue weighted by molar-refractivity contribution is -0.141. The molecule has 1 amide bonds. The molecule has 0 bridgehead atoms. The molecule has 0 saturated carbocycles. The number of ether oxygens (including phenoxy) is 2. The summed E-state index contributed by atoms with van der Waals surface area (Å²) in [5, 5.41) is 11.7. The molecule has 0 aliphatic heterocycles. The minimum atomic E-state index is -4.60. The Morgan fingerprint density at radius 2 is 1.65 bits per heavy atom. The van der Waals surface area contributed by atoms with Gasteiger partial charge >= 0.3 is 12.1 Å². The Balaban J connectivity index is 1.66. The SMILES string of the molecule is CCC(Cc1ccc(OC)c(C(=O)NCc2ccc(Oc3ccc(Cl)c(C(F)(F)F)c3)cc2)c1)C(=O)O. The molecule has 0 heterocycles. The lowest BCUT2D eigenvalue weighted by Gasteiger charge is -2.14. The number of nitrogens with one attached hydrogen (secondary N) is 1. The Bertz CT molecular complexity index is 1260. The fourth-order valence-electron chi connectivity index (χ4n) is 3.62. The Morgan fingerprint density at radius 3 is 2.24 bits per heavy atom. The van der Waals surface area contributed by atoms with E-state index in [2.05, 4.69) is 5.32 Å². The first-order chi connectivity index (χ1) is 17.5. The van der Waals surface area contributed by atoms with E-state index in [-0.39, 0.29) is 24.3 Å². The van der Waals surface area contributed by atoms with Gasteiger partial charge in [-0.3, -0.25) is 9.59 Å². The molecular formula is C27H25ClF3NO5. The van der Waals surface area contributed by atoms with E-state index in [0.29, 0.717) is 23.5 Å². The first-order valence-electron chi connectivity index (χ1n) is 11.3. The summed E-state index contributed by atoms with van der Waals surface area (Å²) >= 11 is 5.64. The van der Waals surface area contributed by atoms with Crippen LogP contribution in [-0.4, -0.2) is 24.1 Å². The largest absolute Gasteiger partial charge is 0.496 e. The summed E-state index contributed by atoms with van der Waals surface area (Å²) in [5.41, 5.74) is 0.722. The maximum Gasteiger partial charge on any atom is 0.417 e. The van der Waals surface area contributed by atoms with E-state index in [1.54, 1.807) is 49.4 Å². The van der Waals surface area contributed by atoms with E-state index in [4.69, 9.17) is 21.1 Å². The summed E-state index contributed by atoms with van der Waals surface area (Å²) < 4.78 is 50.0. The van der Waals surface area contributed by atoms with Crippen LogP contribution in [0.5, 0.6) is 17.2 Å². The van der Waals surface area contributed by atoms with Crippen molar-refractivity contribution in [1.29, 1.82) is 0 Å². The summed E-state index contributed by atoms with van der Waals surface area (Å²) in [6.45, 7) is 1.96. The number of amides is 1. The Labute approximate surface area is 217 Å². The standard InChI is InChI=1S/C27H25ClF3NO5/c1-3-18(26(34)35)12-17-6-11-24(36-2)21(13-17)25(33)32-15-16-4-7-19(8-5-16)37-20-9-10-23(28)22(14-20)27(29,30)31/h4-11,13-14,18H,3,12,15H2,1-2H3,(H,32,33)(H,34,35). The van der Waals surface area contributed by atoms with Gasteiger partial charge in [0, 0.05) is 6.54 Å². The van der Waals surface area contributed by atoms with Crippen LogP contribution in [-0.2, 0) is 23.9 Å². The predicted octanol–water partition coefficient (Wildman–Crippen LogP) is 6.74. The van der Waals surface area contributed by atoms with Crippen molar-refractivity contribution in [3.05, 3.63) is 87.9 Å². The molecule has 1 unspecified atom stereocenters. The third-order valence-electron chi connectivity index (χ3n) is 5.69. The van der Waals surface area contributed by atoms with E-state index in [1.165, 1.54) is 13.2 Å². The Hall–Kier alpha value is -3.72. The summed E-state index contributed by atoms with van der Waals surface area (Å²) in [6, 6.07) is 14.8. The van der Waals surface area contributed by atoms with Crippen LogP contribution in [0.1, 0.15) is 40.4 Å². The molecule has 0 spiro atoms. The highest BCUT2D eigenvalue weighted by atomic mass is 35.5. The molecule has 1 atom stereocenters. The molecule has 0 radical (unpaired) electrons. The minimum Gasteiger partial charge on any atom is -0.496 e. The highest BCUT2D eigenvalue weighted by Crippen LogP contribution is 2.37. The van der Waals surface area contributed by atoms with E-state index >= 15 is 0 Å². The molecule has 3 aromatic rings. The zero-order valence-corrected chi connectivity index (χ0v) is 20.8. The van der Waals surface area contributed by atoms with Crippen molar-refractivity contribution in [2.24, 2.45) is 5.92 Å². The summed E-state index contributed by atoms with van der Waals surface area (Å²) in [7, 11) is 1.44. The van der Waals surface area contributed by atoms with E-state index in [1.807, 2.05) is 0 Å². The highest BCUT2D eigenvalue weighted by Gasteiger charge is 2.33. The van der Waals surface area contributed by atoms with Crippen LogP contribution in [0, 0.1) is 5.92 Å². The smallest absolute Gasteiger partial charge is 0.417 e. The Morgan fingerprint density at radius 1 is 1.00 bits per heavy atom. The van der Waals surface area contributed by atoms with Gasteiger partial charge in [0.15, 0.2) is 0 Å². The summed E-state index contributed by atoms with van der Waals surface area (Å²) in [6.07, 6.45) is -3.85. The van der Waals surface area contributed by atoms with Crippen LogP contribution in [0.15, 0.2) is 60.7 Å². The van der Waals surface area contributed by atoms with Crippen LogP contribution in [0.3, 0.4) is 0 Å². The van der Waals surface area contributed by atoms with Crippen LogP contribution in [0.4, 0.5) is 13.2 Å². The van der Waals surface area contributed by atoms with Gasteiger partial charge in [0.25, 0.3) is 5.91 Å². The summed E-state index contributed by atoms with van der Waals surface area (Å²) in [4.78, 5) is 24.2. The monoisotopic (exact) mass is 535 g/mol. The van der Waals surface area contributed by atoms with Gasteiger partial charge in [-0.2, -0.15) is 13.2 Å². The molecule has 0 aromatic heterocycles. The number of halogens is 4. The number of carboxylic acid groups (broad SMARTS) is 1. The number of alkyl halides is 3. The second kappa shape index (κ2) is 12.0. The van der Waals surface area contributed by atoms with Crippen LogP contribution < -0.4 is 14.8 Å². The number of benzene rings is 3. The summed E-state index contributed by atoms with van der Waals surface area (Å²) in [5.74, 6) is -1.20. The van der Waals surface area contributed by atoms with Crippen molar-refractivity contribution in [2.45, 2.75) is 32.5 Å². The molecule has 3 aromatic carbocycles. The van der Waals surface area contributed by atoms with Gasteiger partial charge in [0.1, 0.15) is 17.2 Å². The zero-order chi connectivity index (χ0) is 27.2. The first kappa shape index (κ1) is 27.9. The number of hydrogen-bond donors (Lipinski definition) is 2. The van der Waals surface area contributed by atoms with Gasteiger partial charge in [-0.1, -0.05) is 36.7 Å². The van der Waals surface area contributed by atoms with E-state index in [0.717, 1.165) is 17.7 Å². The Kier molecular flexibility index (Phi) is 9.04. The lowest BCUT2D eigenvalue weighted by atomic mass is 9.95.